The molecule has 0 fully saturated rings. The highest BCUT2D eigenvalue weighted by Gasteiger charge is 2.30. The molecular formula is C33H32ClN5O5S. The molecule has 0 aliphatic rings. The number of pyridine rings is 1. The Kier molecular flexibility index (Phi) is 10.1. The van der Waals surface area contributed by atoms with Crippen LogP contribution in [0.2, 0.25) is 0 Å². The van der Waals surface area contributed by atoms with Crippen LogP contribution < -0.4 is 15.4 Å². The Morgan fingerprint density at radius 3 is 2.42 bits per heavy atom. The average Bonchev–Trinajstić information content (AvgIpc) is 3.02. The fourth-order valence-electron chi connectivity index (χ4n) is 4.96. The summed E-state index contributed by atoms with van der Waals surface area (Å²) in [7, 11) is -4.28. The zero-order chi connectivity index (χ0) is 31.4. The van der Waals surface area contributed by atoms with Crippen LogP contribution in [-0.2, 0) is 26.1 Å². The number of esters is 1. The summed E-state index contributed by atoms with van der Waals surface area (Å²) in [6, 6.07) is 23.8. The third kappa shape index (κ3) is 6.89. The fraction of sp³-hybridized carbons (Fsp3) is 0.152. The number of benzene rings is 4. The van der Waals surface area contributed by atoms with Crippen LogP contribution in [-0.4, -0.2) is 44.3 Å². The number of anilines is 1. The van der Waals surface area contributed by atoms with Gasteiger partial charge in [-0.3, -0.25) is 24.3 Å². The number of hydrogen-bond acceptors (Lipinski definition) is 7. The Balaban J connectivity index is 0.00000461. The van der Waals surface area contributed by atoms with Gasteiger partial charge in [0.05, 0.1) is 17.8 Å². The lowest BCUT2D eigenvalue weighted by Gasteiger charge is -2.24. The number of nitrogens with zero attached hydrogens (tertiary/aromatic N) is 2. The summed E-state index contributed by atoms with van der Waals surface area (Å²) in [4.78, 5) is 30.2. The molecule has 0 spiro atoms. The summed E-state index contributed by atoms with van der Waals surface area (Å²) in [5.41, 5.74) is 8.76. The standard InChI is InChI=1S/C33H31N5O5S.ClH/c1-3-43-30(39)20-38(44(41,42)29-9-5-7-26-21(2)16-17-36-31(26)29)25-14-15-27-24(18-25)6-4-8-28(27)33(40)37-19-22-10-12-23(13-11-22)32(34)35;/h4-18H,3,19-20H2,1-2H3,(H3,34,35)(H,37,40);1H. The van der Waals surface area contributed by atoms with Crippen molar-refractivity contribution in [1.29, 1.82) is 5.41 Å². The predicted molar refractivity (Wildman–Crippen MR) is 177 cm³/mol. The molecule has 12 heteroatoms. The number of aryl methyl sites for hydroxylation is 1. The van der Waals surface area contributed by atoms with Crippen LogP contribution >= 0.6 is 12.4 Å². The quantitative estimate of drug-likeness (QED) is 0.108. The van der Waals surface area contributed by atoms with Gasteiger partial charge in [0, 0.05) is 29.3 Å². The van der Waals surface area contributed by atoms with Crippen LogP contribution in [0.1, 0.15) is 34.0 Å². The van der Waals surface area contributed by atoms with Gasteiger partial charge in [0.2, 0.25) is 0 Å². The number of sulfonamides is 1. The molecule has 0 atom stereocenters. The number of aromatic nitrogens is 1. The minimum absolute atomic E-state index is 0. The highest BCUT2D eigenvalue weighted by molar-refractivity contribution is 7.93. The number of amides is 1. The maximum Gasteiger partial charge on any atom is 0.326 e. The van der Waals surface area contributed by atoms with Crippen molar-refractivity contribution in [2.24, 2.45) is 5.73 Å². The van der Waals surface area contributed by atoms with Gasteiger partial charge in [-0.1, -0.05) is 54.6 Å². The molecule has 10 nitrogen and oxygen atoms in total. The molecule has 0 saturated carbocycles. The maximum absolute atomic E-state index is 14.2. The summed E-state index contributed by atoms with van der Waals surface area (Å²) in [6.07, 6.45) is 1.55. The number of halogens is 1. The summed E-state index contributed by atoms with van der Waals surface area (Å²) in [6.45, 7) is 3.33. The third-order valence-electron chi connectivity index (χ3n) is 7.21. The van der Waals surface area contributed by atoms with E-state index in [0.29, 0.717) is 32.8 Å². The lowest BCUT2D eigenvalue weighted by Crippen LogP contribution is -2.36. The van der Waals surface area contributed by atoms with Crippen molar-refractivity contribution in [1.82, 2.24) is 10.3 Å². The summed E-state index contributed by atoms with van der Waals surface area (Å²) < 4.78 is 34.5. The summed E-state index contributed by atoms with van der Waals surface area (Å²) >= 11 is 0. The number of carbonyl (C=O) groups is 2. The van der Waals surface area contributed by atoms with E-state index in [1.165, 1.54) is 6.07 Å². The van der Waals surface area contributed by atoms with E-state index in [1.54, 1.807) is 92.0 Å². The molecule has 1 heterocycles. The van der Waals surface area contributed by atoms with Crippen LogP contribution in [0.3, 0.4) is 0 Å². The van der Waals surface area contributed by atoms with E-state index in [-0.39, 0.29) is 47.9 Å². The van der Waals surface area contributed by atoms with Gasteiger partial charge in [0.15, 0.2) is 0 Å². The summed E-state index contributed by atoms with van der Waals surface area (Å²) in [5.74, 6) is -1.05. The SMILES string of the molecule is CCOC(=O)CN(c1ccc2c(C(=O)NCc3ccc(C(=N)N)cc3)cccc2c1)S(=O)(=O)c1cccc2c(C)ccnc12.Cl. The van der Waals surface area contributed by atoms with Gasteiger partial charge in [-0.25, -0.2) is 8.42 Å². The Labute approximate surface area is 267 Å². The van der Waals surface area contributed by atoms with Gasteiger partial charge in [-0.15, -0.1) is 12.4 Å². The number of carbonyl (C=O) groups excluding carboxylic acids is 2. The first kappa shape index (κ1) is 32.9. The number of nitrogen functional groups attached to an aromatic ring is 1. The van der Waals surface area contributed by atoms with Crippen LogP contribution in [0.5, 0.6) is 0 Å². The molecule has 0 radical (unpaired) electrons. The number of hydrogen-bond donors (Lipinski definition) is 3. The molecule has 0 bridgehead atoms. The van der Waals surface area contributed by atoms with E-state index in [4.69, 9.17) is 15.9 Å². The second-order valence-electron chi connectivity index (χ2n) is 10.1. The number of amidine groups is 1. The zero-order valence-electron chi connectivity index (χ0n) is 24.6. The molecule has 1 amide bonds. The zero-order valence-corrected chi connectivity index (χ0v) is 26.2. The smallest absolute Gasteiger partial charge is 0.326 e. The number of nitrogens with two attached hydrogens (primary N) is 1. The van der Waals surface area contributed by atoms with Crippen LogP contribution in [0, 0.1) is 12.3 Å². The minimum Gasteiger partial charge on any atom is -0.465 e. The Hall–Kier alpha value is -5.00. The summed E-state index contributed by atoms with van der Waals surface area (Å²) in [5, 5.41) is 12.3. The monoisotopic (exact) mass is 645 g/mol. The van der Waals surface area contributed by atoms with Crippen molar-refractivity contribution in [3.05, 3.63) is 113 Å². The topological polar surface area (TPSA) is 156 Å². The number of rotatable bonds is 10. The first-order valence-corrected chi connectivity index (χ1v) is 15.3. The van der Waals surface area contributed by atoms with E-state index < -0.39 is 22.5 Å². The molecule has 5 aromatic rings. The van der Waals surface area contributed by atoms with E-state index in [9.17, 15) is 18.0 Å². The first-order valence-electron chi connectivity index (χ1n) is 13.9. The number of ether oxygens (including phenoxy) is 1. The molecule has 4 aromatic carbocycles. The first-order chi connectivity index (χ1) is 21.1. The number of para-hydroxylation sites is 1. The van der Waals surface area contributed by atoms with Gasteiger partial charge in [0.1, 0.15) is 17.3 Å². The van der Waals surface area contributed by atoms with Crippen molar-refractivity contribution in [3.8, 4) is 0 Å². The molecule has 45 heavy (non-hydrogen) atoms. The Morgan fingerprint density at radius 2 is 1.71 bits per heavy atom. The van der Waals surface area contributed by atoms with Gasteiger partial charge in [-0.2, -0.15) is 0 Å². The van der Waals surface area contributed by atoms with Gasteiger partial charge < -0.3 is 15.8 Å². The molecule has 5 rings (SSSR count). The second kappa shape index (κ2) is 13.7. The van der Waals surface area contributed by atoms with Crippen molar-refractivity contribution < 1.29 is 22.7 Å². The van der Waals surface area contributed by atoms with Crippen molar-refractivity contribution in [2.45, 2.75) is 25.3 Å². The molecular weight excluding hydrogens is 614 g/mol. The van der Waals surface area contributed by atoms with Gasteiger partial charge >= 0.3 is 5.97 Å². The molecule has 0 aliphatic carbocycles. The highest BCUT2D eigenvalue weighted by Crippen LogP contribution is 2.32. The van der Waals surface area contributed by atoms with Crippen LogP contribution in [0.15, 0.2) is 96.0 Å². The third-order valence-corrected chi connectivity index (χ3v) is 9.02. The van der Waals surface area contributed by atoms with Crippen LogP contribution in [0.25, 0.3) is 21.7 Å². The van der Waals surface area contributed by atoms with E-state index in [1.807, 2.05) is 6.92 Å². The molecule has 232 valence electrons. The Morgan fingerprint density at radius 1 is 0.978 bits per heavy atom. The van der Waals surface area contributed by atoms with Crippen LogP contribution in [0.4, 0.5) is 5.69 Å². The van der Waals surface area contributed by atoms with Crippen molar-refractivity contribution in [3.63, 3.8) is 0 Å². The molecule has 0 aliphatic heterocycles. The van der Waals surface area contributed by atoms with E-state index in [0.717, 1.165) is 15.4 Å². The highest BCUT2D eigenvalue weighted by atomic mass is 35.5. The largest absolute Gasteiger partial charge is 0.465 e. The fourth-order valence-corrected chi connectivity index (χ4v) is 6.52. The molecule has 1 aromatic heterocycles. The predicted octanol–water partition coefficient (Wildman–Crippen LogP) is 5.09. The van der Waals surface area contributed by atoms with E-state index in [2.05, 4.69) is 10.3 Å². The number of nitrogens with one attached hydrogen (secondary N) is 2. The van der Waals surface area contributed by atoms with Gasteiger partial charge in [0.25, 0.3) is 15.9 Å². The lowest BCUT2D eigenvalue weighted by molar-refractivity contribution is -0.141. The van der Waals surface area contributed by atoms with Crippen molar-refractivity contribution in [2.75, 3.05) is 17.5 Å². The maximum atomic E-state index is 14.2. The molecule has 0 saturated heterocycles. The average molecular weight is 646 g/mol. The Bertz CT molecular complexity index is 2020. The molecule has 4 N–H and O–H groups in total. The number of fused-ring (bicyclic) bond motifs is 2. The van der Waals surface area contributed by atoms with Gasteiger partial charge in [-0.05, 0) is 66.1 Å². The van der Waals surface area contributed by atoms with E-state index >= 15 is 0 Å². The molecule has 0 unspecified atom stereocenters. The second-order valence-corrected chi connectivity index (χ2v) is 11.9. The van der Waals surface area contributed by atoms with Crippen molar-refractivity contribution >= 4 is 67.5 Å². The lowest BCUT2D eigenvalue weighted by atomic mass is 10.0. The minimum atomic E-state index is -4.28. The normalized spacial score (nSPS) is 11.1.